The Morgan fingerprint density at radius 2 is 1.91 bits per heavy atom. The highest BCUT2D eigenvalue weighted by Gasteiger charge is 2.22. The molecule has 0 aliphatic carbocycles. The van der Waals surface area contributed by atoms with Crippen molar-refractivity contribution in [2.45, 2.75) is 13.0 Å². The van der Waals surface area contributed by atoms with Gasteiger partial charge >= 0.3 is 0 Å². The molecule has 3 aromatic heterocycles. The third-order valence-corrected chi connectivity index (χ3v) is 7.17. The van der Waals surface area contributed by atoms with Gasteiger partial charge in [0.2, 0.25) is 0 Å². The quantitative estimate of drug-likeness (QED) is 0.366. The van der Waals surface area contributed by atoms with Gasteiger partial charge in [-0.25, -0.2) is 4.39 Å². The van der Waals surface area contributed by atoms with Crippen LogP contribution in [-0.4, -0.2) is 44.4 Å². The Labute approximate surface area is 202 Å². The number of benzene rings is 2. The van der Waals surface area contributed by atoms with Gasteiger partial charge in [0.25, 0.3) is 0 Å². The average molecular weight is 465 g/mol. The number of hydrogen-bond acceptors (Lipinski definition) is 4. The lowest BCUT2D eigenvalue weighted by molar-refractivity contribution is 0.380. The molecule has 2 aromatic carbocycles. The minimum absolute atomic E-state index is 0.0372. The SMILES string of the molecule is CN1CCC(Cn2ccc3c(-c4ccc(C#N)c(F)c4)c(-c4ccc5c(cnn5C)c4)ncc32)C1. The number of nitrogens with zero attached hydrogens (tertiary/aromatic N) is 6. The summed E-state index contributed by atoms with van der Waals surface area (Å²) >= 11 is 0. The van der Waals surface area contributed by atoms with Crippen LogP contribution in [0, 0.1) is 23.1 Å². The van der Waals surface area contributed by atoms with Crippen molar-refractivity contribution in [3.05, 3.63) is 72.4 Å². The highest BCUT2D eigenvalue weighted by atomic mass is 19.1. The zero-order valence-corrected chi connectivity index (χ0v) is 19.7. The maximum Gasteiger partial charge on any atom is 0.141 e. The van der Waals surface area contributed by atoms with E-state index in [-0.39, 0.29) is 5.56 Å². The van der Waals surface area contributed by atoms with Crippen LogP contribution in [0.25, 0.3) is 44.2 Å². The molecule has 0 bridgehead atoms. The lowest BCUT2D eigenvalue weighted by Crippen LogP contribution is -2.16. The van der Waals surface area contributed by atoms with Crippen LogP contribution in [0.2, 0.25) is 0 Å². The Morgan fingerprint density at radius 3 is 2.69 bits per heavy atom. The Kier molecular flexibility index (Phi) is 5.12. The molecule has 7 heteroatoms. The van der Waals surface area contributed by atoms with Gasteiger partial charge in [0.05, 0.1) is 34.7 Å². The van der Waals surface area contributed by atoms with Crippen LogP contribution < -0.4 is 0 Å². The lowest BCUT2D eigenvalue weighted by Gasteiger charge is -2.15. The zero-order chi connectivity index (χ0) is 24.1. The number of hydrogen-bond donors (Lipinski definition) is 0. The molecule has 1 atom stereocenters. The summed E-state index contributed by atoms with van der Waals surface area (Å²) in [7, 11) is 4.08. The van der Waals surface area contributed by atoms with Crippen molar-refractivity contribution < 1.29 is 4.39 Å². The van der Waals surface area contributed by atoms with E-state index in [1.165, 1.54) is 12.5 Å². The van der Waals surface area contributed by atoms with E-state index >= 15 is 0 Å². The second-order valence-corrected chi connectivity index (χ2v) is 9.51. The molecule has 1 unspecified atom stereocenters. The van der Waals surface area contributed by atoms with Gasteiger partial charge in [-0.2, -0.15) is 10.4 Å². The van der Waals surface area contributed by atoms with Crippen LogP contribution in [0.15, 0.2) is 61.1 Å². The molecule has 0 N–H and O–H groups in total. The monoisotopic (exact) mass is 464 g/mol. The molecule has 174 valence electrons. The summed E-state index contributed by atoms with van der Waals surface area (Å²) in [5.74, 6) is 0.0724. The Morgan fingerprint density at radius 1 is 1.06 bits per heavy atom. The molecule has 1 aliphatic rings. The van der Waals surface area contributed by atoms with E-state index in [1.54, 1.807) is 6.07 Å². The first-order chi connectivity index (χ1) is 17.0. The van der Waals surface area contributed by atoms with Gasteiger partial charge in [-0.3, -0.25) is 9.67 Å². The van der Waals surface area contributed by atoms with Gasteiger partial charge < -0.3 is 9.47 Å². The Hall–Kier alpha value is -4.02. The van der Waals surface area contributed by atoms with Crippen molar-refractivity contribution >= 4 is 21.8 Å². The number of pyridine rings is 1. The number of aryl methyl sites for hydroxylation is 1. The fourth-order valence-electron chi connectivity index (χ4n) is 5.35. The maximum absolute atomic E-state index is 14.7. The second-order valence-electron chi connectivity index (χ2n) is 9.51. The lowest BCUT2D eigenvalue weighted by atomic mass is 9.95. The molecule has 6 nitrogen and oxygen atoms in total. The largest absolute Gasteiger partial charge is 0.346 e. The van der Waals surface area contributed by atoms with E-state index in [0.717, 1.165) is 58.3 Å². The summed E-state index contributed by atoms with van der Waals surface area (Å²) in [6, 6.07) is 15.0. The fraction of sp³-hybridized carbons (Fsp3) is 0.250. The summed E-state index contributed by atoms with van der Waals surface area (Å²) in [5, 5.41) is 15.6. The van der Waals surface area contributed by atoms with Gasteiger partial charge in [0, 0.05) is 48.2 Å². The summed E-state index contributed by atoms with van der Waals surface area (Å²) < 4.78 is 18.8. The third kappa shape index (κ3) is 3.67. The molecule has 6 rings (SSSR count). The predicted octanol–water partition coefficient (Wildman–Crippen LogP) is 5.22. The molecule has 0 saturated carbocycles. The first kappa shape index (κ1) is 21.5. The normalized spacial score (nSPS) is 16.3. The van der Waals surface area contributed by atoms with Crippen molar-refractivity contribution in [3.8, 4) is 28.5 Å². The highest BCUT2D eigenvalue weighted by Crippen LogP contribution is 2.38. The van der Waals surface area contributed by atoms with Crippen LogP contribution >= 0.6 is 0 Å². The summed E-state index contributed by atoms with van der Waals surface area (Å²) in [5.41, 5.74) is 5.41. The predicted molar refractivity (Wildman–Crippen MR) is 135 cm³/mol. The third-order valence-electron chi connectivity index (χ3n) is 7.17. The molecular formula is C28H25FN6. The number of halogens is 1. The van der Waals surface area contributed by atoms with E-state index in [0.29, 0.717) is 11.5 Å². The van der Waals surface area contributed by atoms with Crippen molar-refractivity contribution in [1.82, 2.24) is 24.2 Å². The number of fused-ring (bicyclic) bond motifs is 2. The van der Waals surface area contributed by atoms with Gasteiger partial charge in [-0.1, -0.05) is 12.1 Å². The fourth-order valence-corrected chi connectivity index (χ4v) is 5.35. The number of likely N-dealkylation sites (tertiary alicyclic amines) is 1. The molecule has 0 radical (unpaired) electrons. The molecule has 0 spiro atoms. The van der Waals surface area contributed by atoms with Crippen molar-refractivity contribution in [3.63, 3.8) is 0 Å². The molecule has 0 amide bonds. The van der Waals surface area contributed by atoms with E-state index in [9.17, 15) is 9.65 Å². The van der Waals surface area contributed by atoms with Crippen LogP contribution in [0.5, 0.6) is 0 Å². The minimum Gasteiger partial charge on any atom is -0.346 e. The van der Waals surface area contributed by atoms with Crippen LogP contribution in [0.1, 0.15) is 12.0 Å². The standard InChI is InChI=1S/C28H25FN6/c1-33-9-7-18(16-33)17-35-10-8-23-26(35)15-31-28(20-5-6-25-22(11-20)14-32-34(25)2)27(23)19-3-4-21(13-30)24(29)12-19/h3-6,8,10-12,14-15,18H,7,9,16-17H2,1-2H3. The van der Waals surface area contributed by atoms with Crippen LogP contribution in [-0.2, 0) is 13.6 Å². The van der Waals surface area contributed by atoms with Crippen LogP contribution in [0.3, 0.4) is 0 Å². The van der Waals surface area contributed by atoms with Gasteiger partial charge in [0.15, 0.2) is 0 Å². The number of rotatable bonds is 4. The number of nitriles is 1. The molecule has 1 saturated heterocycles. The van der Waals surface area contributed by atoms with Crippen molar-refractivity contribution in [2.75, 3.05) is 20.1 Å². The topological polar surface area (TPSA) is 62.7 Å². The second kappa shape index (κ2) is 8.33. The van der Waals surface area contributed by atoms with Gasteiger partial charge in [-0.05, 0) is 61.8 Å². The average Bonchev–Trinajstić information content (AvgIpc) is 3.57. The molecule has 1 aliphatic heterocycles. The molecule has 4 heterocycles. The van der Waals surface area contributed by atoms with Crippen molar-refractivity contribution in [1.29, 1.82) is 5.26 Å². The van der Waals surface area contributed by atoms with E-state index in [2.05, 4.69) is 39.9 Å². The summed E-state index contributed by atoms with van der Waals surface area (Å²) in [4.78, 5) is 7.28. The van der Waals surface area contributed by atoms with Crippen LogP contribution in [0.4, 0.5) is 4.39 Å². The van der Waals surface area contributed by atoms with E-state index < -0.39 is 5.82 Å². The summed E-state index contributed by atoms with van der Waals surface area (Å²) in [6.45, 7) is 3.14. The Balaban J connectivity index is 1.54. The maximum atomic E-state index is 14.7. The molecule has 5 aromatic rings. The molecular weight excluding hydrogens is 439 g/mol. The Bertz CT molecular complexity index is 1620. The smallest absolute Gasteiger partial charge is 0.141 e. The minimum atomic E-state index is -0.524. The first-order valence-electron chi connectivity index (χ1n) is 11.8. The number of aromatic nitrogens is 4. The first-order valence-corrected chi connectivity index (χ1v) is 11.8. The highest BCUT2D eigenvalue weighted by molar-refractivity contribution is 6.02. The molecule has 1 fully saturated rings. The van der Waals surface area contributed by atoms with Gasteiger partial charge in [-0.15, -0.1) is 0 Å². The zero-order valence-electron chi connectivity index (χ0n) is 19.7. The molecule has 35 heavy (non-hydrogen) atoms. The van der Waals surface area contributed by atoms with E-state index in [4.69, 9.17) is 4.98 Å². The van der Waals surface area contributed by atoms with Gasteiger partial charge in [0.1, 0.15) is 11.9 Å². The summed E-state index contributed by atoms with van der Waals surface area (Å²) in [6.07, 6.45) is 7.07. The van der Waals surface area contributed by atoms with Crippen molar-refractivity contribution in [2.24, 2.45) is 13.0 Å². The van der Waals surface area contributed by atoms with E-state index in [1.807, 2.05) is 48.4 Å².